The first-order chi connectivity index (χ1) is 19.4. The Morgan fingerprint density at radius 1 is 1.02 bits per heavy atom. The van der Waals surface area contributed by atoms with E-state index in [0.29, 0.717) is 34.4 Å². The van der Waals surface area contributed by atoms with Crippen molar-refractivity contribution in [3.8, 4) is 11.3 Å². The molecule has 6 nitrogen and oxygen atoms in total. The lowest BCUT2D eigenvalue weighted by Crippen LogP contribution is -2.26. The third-order valence-corrected chi connectivity index (χ3v) is 7.46. The van der Waals surface area contributed by atoms with Gasteiger partial charge in [-0.05, 0) is 65.9 Å². The largest absolute Gasteiger partial charge is 0.481 e. The van der Waals surface area contributed by atoms with Crippen LogP contribution in [0.15, 0.2) is 72.1 Å². The number of aromatic nitrogens is 1. The SMILES string of the molecule is Cc1cc(N(Cc2ccc(C(=O)NCCC(=O)O)cc2)c2nc(-c3ccc(C(F)(F)F)cc3)cs2)ccc1C(C)C. The average molecular weight is 582 g/mol. The van der Waals surface area contributed by atoms with Crippen molar-refractivity contribution in [3.05, 3.63) is 99.9 Å². The fourth-order valence-electron chi connectivity index (χ4n) is 4.42. The molecule has 0 radical (unpaired) electrons. The highest BCUT2D eigenvalue weighted by atomic mass is 32.1. The van der Waals surface area contributed by atoms with Gasteiger partial charge in [0, 0.05) is 28.7 Å². The minimum absolute atomic E-state index is 0.0424. The van der Waals surface area contributed by atoms with Crippen molar-refractivity contribution in [2.75, 3.05) is 11.4 Å². The standard InChI is InChI=1S/C31H30F3N3O3S/c1-19(2)26-13-12-25(16-20(26)3)37(17-21-4-6-23(7-5-21)29(40)35-15-14-28(38)39)30-36-27(18-41-30)22-8-10-24(11-9-22)31(32,33)34/h4-13,16,18-19H,14-15,17H2,1-3H3,(H,35,40)(H,38,39). The lowest BCUT2D eigenvalue weighted by atomic mass is 9.97. The van der Waals surface area contributed by atoms with Crippen LogP contribution in [0.25, 0.3) is 11.3 Å². The molecule has 4 aromatic rings. The molecule has 0 saturated heterocycles. The van der Waals surface area contributed by atoms with E-state index in [1.165, 1.54) is 29.0 Å². The van der Waals surface area contributed by atoms with Crippen LogP contribution in [-0.4, -0.2) is 28.5 Å². The van der Waals surface area contributed by atoms with Gasteiger partial charge in [0.2, 0.25) is 0 Å². The number of carboxylic acid groups (broad SMARTS) is 1. The van der Waals surface area contributed by atoms with Gasteiger partial charge in [0.05, 0.1) is 24.2 Å². The Kier molecular flexibility index (Phi) is 9.12. The summed E-state index contributed by atoms with van der Waals surface area (Å²) in [4.78, 5) is 29.9. The zero-order valence-corrected chi connectivity index (χ0v) is 23.6. The van der Waals surface area contributed by atoms with Crippen LogP contribution in [0.3, 0.4) is 0 Å². The molecule has 4 rings (SSSR count). The van der Waals surface area contributed by atoms with Gasteiger partial charge in [0.15, 0.2) is 5.13 Å². The van der Waals surface area contributed by atoms with E-state index in [-0.39, 0.29) is 18.9 Å². The summed E-state index contributed by atoms with van der Waals surface area (Å²) >= 11 is 1.39. The summed E-state index contributed by atoms with van der Waals surface area (Å²) in [5.41, 5.74) is 5.06. The van der Waals surface area contributed by atoms with E-state index in [1.807, 2.05) is 28.5 Å². The van der Waals surface area contributed by atoms with Gasteiger partial charge in [-0.25, -0.2) is 4.98 Å². The van der Waals surface area contributed by atoms with Crippen molar-refractivity contribution in [3.63, 3.8) is 0 Å². The van der Waals surface area contributed by atoms with E-state index in [4.69, 9.17) is 10.1 Å². The van der Waals surface area contributed by atoms with Gasteiger partial charge in [-0.15, -0.1) is 11.3 Å². The molecule has 1 aromatic heterocycles. The Bertz CT molecular complexity index is 1510. The Morgan fingerprint density at radius 2 is 1.71 bits per heavy atom. The van der Waals surface area contributed by atoms with Crippen molar-refractivity contribution < 1.29 is 27.9 Å². The second-order valence-electron chi connectivity index (χ2n) is 9.97. The van der Waals surface area contributed by atoms with Crippen molar-refractivity contribution in [2.45, 2.75) is 45.8 Å². The van der Waals surface area contributed by atoms with Crippen molar-refractivity contribution in [2.24, 2.45) is 0 Å². The number of carboxylic acids is 1. The first-order valence-electron chi connectivity index (χ1n) is 13.0. The number of nitrogens with zero attached hydrogens (tertiary/aromatic N) is 2. The van der Waals surface area contributed by atoms with Gasteiger partial charge >= 0.3 is 12.1 Å². The molecule has 3 aromatic carbocycles. The van der Waals surface area contributed by atoms with Crippen LogP contribution in [0.5, 0.6) is 0 Å². The molecule has 0 fully saturated rings. The zero-order chi connectivity index (χ0) is 29.7. The van der Waals surface area contributed by atoms with Gasteiger partial charge in [-0.3, -0.25) is 9.59 Å². The lowest BCUT2D eigenvalue weighted by molar-refractivity contribution is -0.138. The summed E-state index contributed by atoms with van der Waals surface area (Å²) < 4.78 is 39.1. The van der Waals surface area contributed by atoms with E-state index >= 15 is 0 Å². The van der Waals surface area contributed by atoms with Gasteiger partial charge in [0.1, 0.15) is 0 Å². The zero-order valence-electron chi connectivity index (χ0n) is 22.8. The van der Waals surface area contributed by atoms with Gasteiger partial charge in [-0.2, -0.15) is 13.2 Å². The number of aryl methyl sites for hydroxylation is 1. The van der Waals surface area contributed by atoms with E-state index in [9.17, 15) is 22.8 Å². The number of amides is 1. The number of carbonyl (C=O) groups excluding carboxylic acids is 1. The Labute approximate surface area is 240 Å². The normalized spacial score (nSPS) is 11.5. The minimum atomic E-state index is -4.41. The predicted octanol–water partition coefficient (Wildman–Crippen LogP) is 7.80. The maximum atomic E-state index is 13.0. The van der Waals surface area contributed by atoms with E-state index < -0.39 is 17.7 Å². The maximum absolute atomic E-state index is 13.0. The average Bonchev–Trinajstić information content (AvgIpc) is 3.41. The third kappa shape index (κ3) is 7.52. The van der Waals surface area contributed by atoms with Crippen LogP contribution in [-0.2, 0) is 17.5 Å². The van der Waals surface area contributed by atoms with Crippen molar-refractivity contribution >= 4 is 34.0 Å². The molecule has 0 aliphatic carbocycles. The summed E-state index contributed by atoms with van der Waals surface area (Å²) in [5.74, 6) is -0.977. The van der Waals surface area contributed by atoms with Gasteiger partial charge in [0.25, 0.3) is 5.91 Å². The van der Waals surface area contributed by atoms with Crippen LogP contribution < -0.4 is 10.2 Å². The highest BCUT2D eigenvalue weighted by Gasteiger charge is 2.30. The Morgan fingerprint density at radius 3 is 2.29 bits per heavy atom. The molecular formula is C31H30F3N3O3S. The number of carbonyl (C=O) groups is 2. The number of aliphatic carboxylic acids is 1. The molecular weight excluding hydrogens is 551 g/mol. The molecule has 1 amide bonds. The number of halogens is 3. The summed E-state index contributed by atoms with van der Waals surface area (Å²) in [6.07, 6.45) is -4.56. The van der Waals surface area contributed by atoms with E-state index in [0.717, 1.165) is 28.9 Å². The van der Waals surface area contributed by atoms with E-state index in [2.05, 4.69) is 38.2 Å². The number of anilines is 2. The predicted molar refractivity (Wildman–Crippen MR) is 155 cm³/mol. The van der Waals surface area contributed by atoms with Gasteiger partial charge < -0.3 is 15.3 Å². The summed E-state index contributed by atoms with van der Waals surface area (Å²) in [7, 11) is 0. The molecule has 2 N–H and O–H groups in total. The quantitative estimate of drug-likeness (QED) is 0.200. The number of rotatable bonds is 10. The Hall–Kier alpha value is -4.18. The monoisotopic (exact) mass is 581 g/mol. The summed E-state index contributed by atoms with van der Waals surface area (Å²) in [5, 5.41) is 13.9. The van der Waals surface area contributed by atoms with Crippen LogP contribution in [0.4, 0.5) is 24.0 Å². The summed E-state index contributed by atoms with van der Waals surface area (Å²) in [6.45, 7) is 6.80. The number of hydrogen-bond acceptors (Lipinski definition) is 5. The number of alkyl halides is 3. The maximum Gasteiger partial charge on any atom is 0.416 e. The molecule has 0 atom stereocenters. The molecule has 41 heavy (non-hydrogen) atoms. The highest BCUT2D eigenvalue weighted by Crippen LogP contribution is 2.36. The molecule has 0 saturated carbocycles. The van der Waals surface area contributed by atoms with E-state index in [1.54, 1.807) is 12.1 Å². The topological polar surface area (TPSA) is 82.5 Å². The minimum Gasteiger partial charge on any atom is -0.481 e. The molecule has 214 valence electrons. The number of benzene rings is 3. The molecule has 0 unspecified atom stereocenters. The first kappa shape index (κ1) is 29.8. The molecule has 1 heterocycles. The number of hydrogen-bond donors (Lipinski definition) is 2. The number of nitrogens with one attached hydrogen (secondary N) is 1. The highest BCUT2D eigenvalue weighted by molar-refractivity contribution is 7.14. The summed E-state index contributed by atoms with van der Waals surface area (Å²) in [6, 6.07) is 18.2. The lowest BCUT2D eigenvalue weighted by Gasteiger charge is -2.24. The van der Waals surface area contributed by atoms with Crippen LogP contribution in [0.1, 0.15) is 58.8 Å². The van der Waals surface area contributed by atoms with Gasteiger partial charge in [-0.1, -0.05) is 44.2 Å². The second kappa shape index (κ2) is 12.6. The van der Waals surface area contributed by atoms with Crippen LogP contribution in [0, 0.1) is 6.92 Å². The molecule has 0 aliphatic rings. The molecule has 0 bridgehead atoms. The Balaban J connectivity index is 1.62. The third-order valence-electron chi connectivity index (χ3n) is 6.60. The van der Waals surface area contributed by atoms with Crippen molar-refractivity contribution in [1.82, 2.24) is 10.3 Å². The fourth-order valence-corrected chi connectivity index (χ4v) is 5.28. The van der Waals surface area contributed by atoms with Crippen LogP contribution >= 0.6 is 11.3 Å². The molecule has 0 spiro atoms. The number of thiazole rings is 1. The molecule has 10 heteroatoms. The fraction of sp³-hybridized carbons (Fsp3) is 0.258. The van der Waals surface area contributed by atoms with Crippen molar-refractivity contribution in [1.29, 1.82) is 0 Å². The van der Waals surface area contributed by atoms with Crippen LogP contribution in [0.2, 0.25) is 0 Å². The first-order valence-corrected chi connectivity index (χ1v) is 13.9. The smallest absolute Gasteiger partial charge is 0.416 e. The second-order valence-corrected chi connectivity index (χ2v) is 10.8. The molecule has 0 aliphatic heterocycles.